The molecule has 0 radical (unpaired) electrons. The predicted molar refractivity (Wildman–Crippen MR) is 172 cm³/mol. The van der Waals surface area contributed by atoms with Gasteiger partial charge in [0.25, 0.3) is 0 Å². The number of methoxy groups -OCH3 is 2. The number of ether oxygens (including phenoxy) is 3. The van der Waals surface area contributed by atoms with Crippen LogP contribution in [0.2, 0.25) is 15.2 Å². The molecule has 236 valence electrons. The van der Waals surface area contributed by atoms with E-state index in [0.717, 1.165) is 0 Å². The lowest BCUT2D eigenvalue weighted by atomic mass is 10.0. The maximum absolute atomic E-state index is 13.5. The molecule has 12 heteroatoms. The van der Waals surface area contributed by atoms with Gasteiger partial charge in [0, 0.05) is 54.7 Å². The van der Waals surface area contributed by atoms with E-state index in [9.17, 15) is 9.59 Å². The predicted octanol–water partition coefficient (Wildman–Crippen LogP) is 7.54. The molecule has 0 bridgehead atoms. The summed E-state index contributed by atoms with van der Waals surface area (Å²) >= 11 is 19.5. The molecule has 3 aromatic rings. The van der Waals surface area contributed by atoms with Crippen LogP contribution in [0, 0.1) is 0 Å². The highest BCUT2D eigenvalue weighted by atomic mass is 35.5. The number of likely N-dealkylation sites (tertiary alicyclic amines) is 1. The standard InChI is InChI=1S/C32H37Cl3N4O5/c1-32(2,3)44-31(41)39(21-12-16-38(17-13-21)26(40)14-18-42-4)19-20-9-10-25(37-30(20)43-5)24-8-6-7-22(27(24)33)23-11-15-36-29(35)28(23)34/h6-11,15,21H,12-14,16-19H2,1-5H3. The number of carbonyl (C=O) groups is 2. The fraction of sp³-hybridized carbons (Fsp3) is 0.438. The van der Waals surface area contributed by atoms with Gasteiger partial charge in [0.2, 0.25) is 11.8 Å². The van der Waals surface area contributed by atoms with Gasteiger partial charge >= 0.3 is 6.09 Å². The van der Waals surface area contributed by atoms with E-state index in [0.29, 0.717) is 82.8 Å². The van der Waals surface area contributed by atoms with Crippen molar-refractivity contribution in [2.24, 2.45) is 0 Å². The molecule has 0 aliphatic carbocycles. The molecular weight excluding hydrogens is 627 g/mol. The monoisotopic (exact) mass is 662 g/mol. The van der Waals surface area contributed by atoms with Crippen molar-refractivity contribution in [3.05, 3.63) is 63.4 Å². The van der Waals surface area contributed by atoms with Gasteiger partial charge < -0.3 is 24.0 Å². The van der Waals surface area contributed by atoms with E-state index in [1.54, 1.807) is 24.3 Å². The molecule has 4 rings (SSSR count). The van der Waals surface area contributed by atoms with Crippen LogP contribution < -0.4 is 4.74 Å². The average Bonchev–Trinajstić information content (AvgIpc) is 2.99. The molecule has 1 aliphatic heterocycles. The number of hydrogen-bond acceptors (Lipinski definition) is 7. The van der Waals surface area contributed by atoms with E-state index < -0.39 is 11.7 Å². The lowest BCUT2D eigenvalue weighted by Crippen LogP contribution is -2.49. The Kier molecular flexibility index (Phi) is 11.3. The highest BCUT2D eigenvalue weighted by Gasteiger charge is 2.33. The summed E-state index contributed by atoms with van der Waals surface area (Å²) in [5.41, 5.74) is 2.63. The normalized spacial score (nSPS) is 14.0. The molecule has 1 fully saturated rings. The number of amides is 2. The van der Waals surface area contributed by atoms with Crippen LogP contribution in [0.3, 0.4) is 0 Å². The van der Waals surface area contributed by atoms with Crippen molar-refractivity contribution in [1.29, 1.82) is 0 Å². The Morgan fingerprint density at radius 1 is 0.977 bits per heavy atom. The third-order valence-electron chi connectivity index (χ3n) is 7.29. The average molecular weight is 664 g/mol. The minimum absolute atomic E-state index is 0.0487. The Bertz CT molecular complexity index is 1490. The number of pyridine rings is 2. The number of halogens is 3. The lowest BCUT2D eigenvalue weighted by molar-refractivity contribution is -0.133. The van der Waals surface area contributed by atoms with Gasteiger partial charge in [-0.15, -0.1) is 0 Å². The van der Waals surface area contributed by atoms with Crippen LogP contribution in [0.1, 0.15) is 45.6 Å². The Labute approximate surface area is 273 Å². The number of carbonyl (C=O) groups excluding carboxylic acids is 2. The molecule has 0 unspecified atom stereocenters. The first-order chi connectivity index (χ1) is 20.9. The third kappa shape index (κ3) is 8.13. The second kappa shape index (κ2) is 14.8. The molecule has 0 atom stereocenters. The molecule has 44 heavy (non-hydrogen) atoms. The summed E-state index contributed by atoms with van der Waals surface area (Å²) in [4.78, 5) is 38.3. The van der Waals surface area contributed by atoms with Crippen molar-refractivity contribution in [3.8, 4) is 28.3 Å². The van der Waals surface area contributed by atoms with Crippen molar-refractivity contribution in [2.45, 2.75) is 58.2 Å². The number of aromatic nitrogens is 2. The molecule has 9 nitrogen and oxygen atoms in total. The fourth-order valence-electron chi connectivity index (χ4n) is 5.10. The van der Waals surface area contributed by atoms with Gasteiger partial charge in [0.05, 0.1) is 42.4 Å². The summed E-state index contributed by atoms with van der Waals surface area (Å²) in [5.74, 6) is 0.405. The molecule has 2 amide bonds. The van der Waals surface area contributed by atoms with Gasteiger partial charge in [-0.05, 0) is 51.8 Å². The summed E-state index contributed by atoms with van der Waals surface area (Å²) in [6, 6.07) is 10.9. The van der Waals surface area contributed by atoms with Crippen LogP contribution in [-0.2, 0) is 20.8 Å². The van der Waals surface area contributed by atoms with Crippen LogP contribution in [0.25, 0.3) is 22.4 Å². The summed E-state index contributed by atoms with van der Waals surface area (Å²) in [5, 5.41) is 0.940. The van der Waals surface area contributed by atoms with E-state index in [1.165, 1.54) is 7.11 Å². The lowest BCUT2D eigenvalue weighted by Gasteiger charge is -2.39. The number of nitrogens with zero attached hydrogens (tertiary/aromatic N) is 4. The molecule has 1 saturated heterocycles. The van der Waals surface area contributed by atoms with E-state index in [1.807, 2.05) is 56.0 Å². The zero-order valence-electron chi connectivity index (χ0n) is 25.5. The van der Waals surface area contributed by atoms with E-state index in [4.69, 9.17) is 54.0 Å². The first-order valence-electron chi connectivity index (χ1n) is 14.3. The molecule has 2 aromatic heterocycles. The second-order valence-corrected chi connectivity index (χ2v) is 12.6. The largest absolute Gasteiger partial charge is 0.481 e. The molecule has 0 saturated carbocycles. The summed E-state index contributed by atoms with van der Waals surface area (Å²) in [6.07, 6.45) is 2.72. The first-order valence-corrected chi connectivity index (χ1v) is 15.5. The molecular formula is C32H37Cl3N4O5. The van der Waals surface area contributed by atoms with E-state index in [2.05, 4.69) is 4.98 Å². The fourth-order valence-corrected chi connectivity index (χ4v) is 5.80. The van der Waals surface area contributed by atoms with Crippen molar-refractivity contribution < 1.29 is 23.8 Å². The Balaban J connectivity index is 1.61. The van der Waals surface area contributed by atoms with Crippen LogP contribution in [0.5, 0.6) is 5.88 Å². The third-order valence-corrected chi connectivity index (χ3v) is 8.46. The summed E-state index contributed by atoms with van der Waals surface area (Å²) in [7, 11) is 3.11. The van der Waals surface area contributed by atoms with Crippen molar-refractivity contribution in [1.82, 2.24) is 19.8 Å². The topological polar surface area (TPSA) is 94.1 Å². The molecule has 0 spiro atoms. The highest BCUT2D eigenvalue weighted by Crippen LogP contribution is 2.40. The minimum Gasteiger partial charge on any atom is -0.481 e. The summed E-state index contributed by atoms with van der Waals surface area (Å²) < 4.78 is 16.6. The van der Waals surface area contributed by atoms with Gasteiger partial charge in [-0.3, -0.25) is 4.79 Å². The van der Waals surface area contributed by atoms with Crippen molar-refractivity contribution >= 4 is 46.8 Å². The van der Waals surface area contributed by atoms with E-state index in [-0.39, 0.29) is 23.6 Å². The van der Waals surface area contributed by atoms with Crippen molar-refractivity contribution in [2.75, 3.05) is 33.9 Å². The van der Waals surface area contributed by atoms with Crippen LogP contribution in [0.4, 0.5) is 4.79 Å². The van der Waals surface area contributed by atoms with Gasteiger partial charge in [-0.1, -0.05) is 53.0 Å². The number of benzene rings is 1. The maximum Gasteiger partial charge on any atom is 0.410 e. The van der Waals surface area contributed by atoms with Gasteiger partial charge in [0.1, 0.15) is 10.8 Å². The minimum atomic E-state index is -0.679. The Morgan fingerprint density at radius 2 is 1.66 bits per heavy atom. The van der Waals surface area contributed by atoms with E-state index >= 15 is 0 Å². The summed E-state index contributed by atoms with van der Waals surface area (Å²) in [6.45, 7) is 7.19. The molecule has 3 heterocycles. The Morgan fingerprint density at radius 3 is 2.32 bits per heavy atom. The van der Waals surface area contributed by atoms with Crippen LogP contribution in [0.15, 0.2) is 42.6 Å². The quantitative estimate of drug-likeness (QED) is 0.218. The Hall–Kier alpha value is -3.11. The van der Waals surface area contributed by atoms with Gasteiger partial charge in [0.15, 0.2) is 0 Å². The zero-order valence-corrected chi connectivity index (χ0v) is 27.8. The number of piperidine rings is 1. The zero-order chi connectivity index (χ0) is 32.0. The second-order valence-electron chi connectivity index (χ2n) is 11.5. The van der Waals surface area contributed by atoms with Gasteiger partial charge in [-0.2, -0.15) is 0 Å². The molecule has 1 aliphatic rings. The highest BCUT2D eigenvalue weighted by molar-refractivity contribution is 6.43. The van der Waals surface area contributed by atoms with Gasteiger partial charge in [-0.25, -0.2) is 14.8 Å². The first kappa shape index (κ1) is 33.8. The van der Waals surface area contributed by atoms with Crippen LogP contribution >= 0.6 is 34.8 Å². The number of rotatable bonds is 9. The van der Waals surface area contributed by atoms with Crippen LogP contribution in [-0.4, -0.2) is 77.3 Å². The molecule has 1 aromatic carbocycles. The maximum atomic E-state index is 13.5. The SMILES string of the molecule is COCCC(=O)N1CCC(N(Cc2ccc(-c3cccc(-c4ccnc(Cl)c4Cl)c3Cl)nc2OC)C(=O)OC(C)(C)C)CC1. The number of hydrogen-bond donors (Lipinski definition) is 0. The smallest absolute Gasteiger partial charge is 0.410 e. The molecule has 0 N–H and O–H groups in total. The van der Waals surface area contributed by atoms with Crippen molar-refractivity contribution in [3.63, 3.8) is 0 Å².